The standard InChI is InChI=1S/C8H17BrO2/c1-8(2)11-7-6-10-5-3-4-9/h8H,3-7H2,1-2H3. The molecule has 0 aromatic rings. The van der Waals surface area contributed by atoms with E-state index in [1.54, 1.807) is 0 Å². The van der Waals surface area contributed by atoms with Crippen molar-refractivity contribution < 1.29 is 9.47 Å². The third-order valence-corrected chi connectivity index (χ3v) is 1.66. The van der Waals surface area contributed by atoms with Crippen molar-refractivity contribution in [2.45, 2.75) is 26.4 Å². The molecule has 0 saturated heterocycles. The minimum Gasteiger partial charge on any atom is -0.379 e. The van der Waals surface area contributed by atoms with Crippen LogP contribution in [0.25, 0.3) is 0 Å². The van der Waals surface area contributed by atoms with Crippen LogP contribution in [0.5, 0.6) is 0 Å². The highest BCUT2D eigenvalue weighted by atomic mass is 79.9. The number of ether oxygens (including phenoxy) is 2. The summed E-state index contributed by atoms with van der Waals surface area (Å²) in [7, 11) is 0. The Hall–Kier alpha value is 0.400. The van der Waals surface area contributed by atoms with Crippen molar-refractivity contribution in [3.8, 4) is 0 Å². The van der Waals surface area contributed by atoms with Gasteiger partial charge in [-0.1, -0.05) is 15.9 Å². The zero-order valence-corrected chi connectivity index (χ0v) is 8.89. The minimum atomic E-state index is 0.315. The molecule has 0 unspecified atom stereocenters. The van der Waals surface area contributed by atoms with Crippen LogP contribution in [-0.4, -0.2) is 31.3 Å². The summed E-state index contributed by atoms with van der Waals surface area (Å²) < 4.78 is 10.6. The summed E-state index contributed by atoms with van der Waals surface area (Å²) in [6.45, 7) is 6.30. The van der Waals surface area contributed by atoms with Gasteiger partial charge in [0.2, 0.25) is 0 Å². The predicted octanol–water partition coefficient (Wildman–Crippen LogP) is 2.21. The van der Waals surface area contributed by atoms with E-state index in [0.29, 0.717) is 19.3 Å². The summed E-state index contributed by atoms with van der Waals surface area (Å²) in [6, 6.07) is 0. The molecule has 0 rings (SSSR count). The molecule has 0 heterocycles. The number of hydrogen-bond acceptors (Lipinski definition) is 2. The van der Waals surface area contributed by atoms with E-state index in [9.17, 15) is 0 Å². The van der Waals surface area contributed by atoms with E-state index in [4.69, 9.17) is 9.47 Å². The average molecular weight is 225 g/mol. The van der Waals surface area contributed by atoms with E-state index in [1.807, 2.05) is 13.8 Å². The number of alkyl halides is 1. The van der Waals surface area contributed by atoms with E-state index in [2.05, 4.69) is 15.9 Å². The molecule has 2 nitrogen and oxygen atoms in total. The predicted molar refractivity (Wildman–Crippen MR) is 50.3 cm³/mol. The van der Waals surface area contributed by atoms with Gasteiger partial charge in [-0.2, -0.15) is 0 Å². The van der Waals surface area contributed by atoms with Gasteiger partial charge in [0, 0.05) is 11.9 Å². The monoisotopic (exact) mass is 224 g/mol. The summed E-state index contributed by atoms with van der Waals surface area (Å²) in [5.74, 6) is 0. The molecule has 11 heavy (non-hydrogen) atoms. The van der Waals surface area contributed by atoms with Crippen LogP contribution in [-0.2, 0) is 9.47 Å². The van der Waals surface area contributed by atoms with Gasteiger partial charge in [-0.3, -0.25) is 0 Å². The molecule has 0 aliphatic rings. The number of halogens is 1. The van der Waals surface area contributed by atoms with Crippen molar-refractivity contribution >= 4 is 15.9 Å². The van der Waals surface area contributed by atoms with Crippen molar-refractivity contribution in [3.63, 3.8) is 0 Å². The average Bonchev–Trinajstić information content (AvgIpc) is 1.96. The van der Waals surface area contributed by atoms with Gasteiger partial charge >= 0.3 is 0 Å². The Morgan fingerprint density at radius 1 is 1.18 bits per heavy atom. The second-order valence-corrected chi connectivity index (χ2v) is 3.37. The first-order chi connectivity index (χ1) is 5.27. The summed E-state index contributed by atoms with van der Waals surface area (Å²) in [6.07, 6.45) is 1.39. The van der Waals surface area contributed by atoms with Crippen LogP contribution < -0.4 is 0 Å². The van der Waals surface area contributed by atoms with Crippen LogP contribution in [0.2, 0.25) is 0 Å². The van der Waals surface area contributed by atoms with Gasteiger partial charge in [0.15, 0.2) is 0 Å². The lowest BCUT2D eigenvalue weighted by atomic mass is 10.5. The highest BCUT2D eigenvalue weighted by molar-refractivity contribution is 9.09. The van der Waals surface area contributed by atoms with Crippen LogP contribution in [0, 0.1) is 0 Å². The zero-order valence-electron chi connectivity index (χ0n) is 7.31. The molecular weight excluding hydrogens is 208 g/mol. The van der Waals surface area contributed by atoms with Gasteiger partial charge in [-0.05, 0) is 20.3 Å². The lowest BCUT2D eigenvalue weighted by Crippen LogP contribution is -2.10. The fraction of sp³-hybridized carbons (Fsp3) is 1.00. The Balaban J connectivity index is 2.80. The van der Waals surface area contributed by atoms with E-state index in [1.165, 1.54) is 0 Å². The molecule has 0 N–H and O–H groups in total. The maximum atomic E-state index is 5.29. The second-order valence-electron chi connectivity index (χ2n) is 2.57. The summed E-state index contributed by atoms with van der Waals surface area (Å²) in [5, 5.41) is 1.01. The molecule has 0 spiro atoms. The highest BCUT2D eigenvalue weighted by Crippen LogP contribution is 1.90. The number of hydrogen-bond donors (Lipinski definition) is 0. The molecule has 0 bridgehead atoms. The van der Waals surface area contributed by atoms with Gasteiger partial charge in [0.1, 0.15) is 0 Å². The summed E-state index contributed by atoms with van der Waals surface area (Å²) in [4.78, 5) is 0. The Kier molecular flexibility index (Phi) is 8.81. The molecule has 0 fully saturated rings. The lowest BCUT2D eigenvalue weighted by Gasteiger charge is -2.07. The van der Waals surface area contributed by atoms with Crippen LogP contribution in [0.1, 0.15) is 20.3 Å². The molecule has 0 aromatic carbocycles. The molecule has 0 amide bonds. The quantitative estimate of drug-likeness (QED) is 0.488. The molecule has 0 aromatic heterocycles. The first-order valence-electron chi connectivity index (χ1n) is 4.02. The highest BCUT2D eigenvalue weighted by Gasteiger charge is 1.92. The van der Waals surface area contributed by atoms with Crippen molar-refractivity contribution in [1.29, 1.82) is 0 Å². The van der Waals surface area contributed by atoms with Crippen LogP contribution in [0.3, 0.4) is 0 Å². The first-order valence-corrected chi connectivity index (χ1v) is 5.15. The molecule has 0 aliphatic heterocycles. The van der Waals surface area contributed by atoms with E-state index < -0.39 is 0 Å². The van der Waals surface area contributed by atoms with Gasteiger partial charge in [-0.25, -0.2) is 0 Å². The van der Waals surface area contributed by atoms with Crippen molar-refractivity contribution in [2.75, 3.05) is 25.2 Å². The van der Waals surface area contributed by atoms with E-state index in [-0.39, 0.29) is 0 Å². The second kappa shape index (κ2) is 8.50. The van der Waals surface area contributed by atoms with Crippen molar-refractivity contribution in [2.24, 2.45) is 0 Å². The topological polar surface area (TPSA) is 18.5 Å². The maximum Gasteiger partial charge on any atom is 0.0703 e. The third-order valence-electron chi connectivity index (χ3n) is 1.10. The van der Waals surface area contributed by atoms with Gasteiger partial charge in [0.05, 0.1) is 19.3 Å². The molecule has 68 valence electrons. The normalized spacial score (nSPS) is 10.9. The van der Waals surface area contributed by atoms with Crippen molar-refractivity contribution in [3.05, 3.63) is 0 Å². The van der Waals surface area contributed by atoms with Gasteiger partial charge < -0.3 is 9.47 Å². The SMILES string of the molecule is CC(C)OCCOCCCBr. The molecule has 0 atom stereocenters. The Morgan fingerprint density at radius 3 is 2.45 bits per heavy atom. The van der Waals surface area contributed by atoms with Gasteiger partial charge in [-0.15, -0.1) is 0 Å². The van der Waals surface area contributed by atoms with E-state index >= 15 is 0 Å². The largest absolute Gasteiger partial charge is 0.379 e. The Labute approximate surface area is 77.4 Å². The van der Waals surface area contributed by atoms with Crippen molar-refractivity contribution in [1.82, 2.24) is 0 Å². The smallest absolute Gasteiger partial charge is 0.0703 e. The van der Waals surface area contributed by atoms with E-state index in [0.717, 1.165) is 18.4 Å². The molecular formula is C8H17BrO2. The Morgan fingerprint density at radius 2 is 1.91 bits per heavy atom. The van der Waals surface area contributed by atoms with Crippen LogP contribution >= 0.6 is 15.9 Å². The summed E-state index contributed by atoms with van der Waals surface area (Å²) in [5.41, 5.74) is 0. The van der Waals surface area contributed by atoms with Gasteiger partial charge in [0.25, 0.3) is 0 Å². The molecule has 0 saturated carbocycles. The lowest BCUT2D eigenvalue weighted by molar-refractivity contribution is 0.0200. The minimum absolute atomic E-state index is 0.315. The fourth-order valence-corrected chi connectivity index (χ4v) is 0.830. The molecule has 3 heteroatoms. The zero-order chi connectivity index (χ0) is 8.53. The maximum absolute atomic E-state index is 5.29. The van der Waals surface area contributed by atoms with Crippen LogP contribution in [0.15, 0.2) is 0 Å². The Bertz CT molecular complexity index is 76.5. The van der Waals surface area contributed by atoms with Crippen LogP contribution in [0.4, 0.5) is 0 Å². The number of rotatable bonds is 7. The fourth-order valence-electron chi connectivity index (χ4n) is 0.601. The first kappa shape index (κ1) is 11.4. The summed E-state index contributed by atoms with van der Waals surface area (Å²) >= 11 is 3.33. The third kappa shape index (κ3) is 10.4. The molecule has 0 radical (unpaired) electrons. The molecule has 0 aliphatic carbocycles.